The minimum atomic E-state index is -0.210. The molecule has 2 aromatic carbocycles. The molecule has 0 aliphatic carbocycles. The van der Waals surface area contributed by atoms with Crippen LogP contribution in [0.5, 0.6) is 5.75 Å². The van der Waals surface area contributed by atoms with Crippen LogP contribution in [0.15, 0.2) is 63.9 Å². The van der Waals surface area contributed by atoms with E-state index >= 15 is 0 Å². The van der Waals surface area contributed by atoms with Crippen LogP contribution < -0.4 is 10.1 Å². The number of carbonyl (C=O) groups is 1. The van der Waals surface area contributed by atoms with E-state index in [1.54, 1.807) is 13.2 Å². The van der Waals surface area contributed by atoms with Crippen molar-refractivity contribution < 1.29 is 18.7 Å². The van der Waals surface area contributed by atoms with Crippen molar-refractivity contribution >= 4 is 28.6 Å². The molecule has 1 aliphatic rings. The number of carbonyl (C=O) groups excluding carboxylic acids is 1. The predicted octanol–water partition coefficient (Wildman–Crippen LogP) is 4.51. The third-order valence-electron chi connectivity index (χ3n) is 5.00. The van der Waals surface area contributed by atoms with Gasteiger partial charge in [0.2, 0.25) is 0 Å². The second-order valence-corrected chi connectivity index (χ2v) is 8.42. The molecule has 5 nitrogen and oxygen atoms in total. The maximum Gasteiger partial charge on any atom is 0.287 e. The Morgan fingerprint density at radius 2 is 1.93 bits per heavy atom. The van der Waals surface area contributed by atoms with Gasteiger partial charge in [-0.2, -0.15) is 0 Å². The number of para-hydroxylation sites is 1. The topological polar surface area (TPSA) is 60.7 Å². The molecule has 1 N–H and O–H groups in total. The Bertz CT molecular complexity index is 948. The number of rotatable bonds is 6. The zero-order valence-corrected chi connectivity index (χ0v) is 16.6. The molecule has 2 heterocycles. The van der Waals surface area contributed by atoms with Crippen LogP contribution in [0.3, 0.4) is 0 Å². The number of fused-ring (bicyclic) bond motifs is 1. The van der Waals surface area contributed by atoms with Crippen molar-refractivity contribution in [3.63, 3.8) is 0 Å². The molecule has 146 valence electrons. The summed E-state index contributed by atoms with van der Waals surface area (Å²) in [4.78, 5) is 14.0. The molecule has 4 rings (SSSR count). The van der Waals surface area contributed by atoms with Gasteiger partial charge in [-0.15, -0.1) is 11.8 Å². The van der Waals surface area contributed by atoms with Crippen molar-refractivity contribution in [1.82, 2.24) is 5.32 Å². The van der Waals surface area contributed by atoms with E-state index in [-0.39, 0.29) is 10.7 Å². The summed E-state index contributed by atoms with van der Waals surface area (Å²) in [6, 6.07) is 17.7. The number of benzene rings is 2. The summed E-state index contributed by atoms with van der Waals surface area (Å²) >= 11 is 1.81. The quantitative estimate of drug-likeness (QED) is 0.663. The molecule has 0 atom stereocenters. The lowest BCUT2D eigenvalue weighted by Gasteiger charge is -2.36. The fraction of sp³-hybridized carbons (Fsp3) is 0.318. The van der Waals surface area contributed by atoms with Gasteiger partial charge in [0.15, 0.2) is 17.1 Å². The zero-order valence-electron chi connectivity index (χ0n) is 15.8. The Labute approximate surface area is 168 Å². The molecule has 0 spiro atoms. The van der Waals surface area contributed by atoms with E-state index in [0.29, 0.717) is 36.9 Å². The van der Waals surface area contributed by atoms with Crippen molar-refractivity contribution in [2.24, 2.45) is 0 Å². The highest BCUT2D eigenvalue weighted by Gasteiger charge is 2.34. The van der Waals surface area contributed by atoms with Crippen LogP contribution in [-0.4, -0.2) is 37.5 Å². The molecule has 3 aromatic rings. The van der Waals surface area contributed by atoms with Crippen molar-refractivity contribution in [2.45, 2.75) is 22.5 Å². The highest BCUT2D eigenvalue weighted by atomic mass is 32.2. The van der Waals surface area contributed by atoms with Crippen molar-refractivity contribution in [1.29, 1.82) is 0 Å². The Morgan fingerprint density at radius 3 is 2.68 bits per heavy atom. The predicted molar refractivity (Wildman–Crippen MR) is 110 cm³/mol. The van der Waals surface area contributed by atoms with Crippen molar-refractivity contribution in [2.75, 3.05) is 26.9 Å². The minimum Gasteiger partial charge on any atom is -0.493 e. The molecule has 6 heteroatoms. The van der Waals surface area contributed by atoms with Gasteiger partial charge < -0.3 is 19.2 Å². The van der Waals surface area contributed by atoms with Gasteiger partial charge in [0.25, 0.3) is 5.91 Å². The maximum atomic E-state index is 12.8. The van der Waals surface area contributed by atoms with Crippen LogP contribution in [0.4, 0.5) is 0 Å². The number of hydrogen-bond donors (Lipinski definition) is 1. The number of ether oxygens (including phenoxy) is 2. The first-order chi connectivity index (χ1) is 13.7. The third kappa shape index (κ3) is 4.03. The molecular weight excluding hydrogens is 374 g/mol. The van der Waals surface area contributed by atoms with E-state index in [2.05, 4.69) is 17.4 Å². The standard InChI is InChI=1S/C22H23NO4S/c1-25-18-9-5-6-16-14-19(27-20(16)18)21(24)23-15-22(10-12-26-13-11-22)28-17-7-3-2-4-8-17/h2-9,14H,10-13,15H2,1H3,(H,23,24). The fourth-order valence-corrected chi connectivity index (χ4v) is 4.74. The van der Waals surface area contributed by atoms with Crippen LogP contribution in [-0.2, 0) is 4.74 Å². The third-order valence-corrected chi connectivity index (χ3v) is 6.50. The van der Waals surface area contributed by atoms with Crippen LogP contribution in [0.1, 0.15) is 23.4 Å². The Hall–Kier alpha value is -2.44. The zero-order chi connectivity index (χ0) is 19.4. The molecule has 0 unspecified atom stereocenters. The summed E-state index contributed by atoms with van der Waals surface area (Å²) in [5, 5.41) is 3.93. The van der Waals surface area contributed by atoms with E-state index < -0.39 is 0 Å². The Balaban J connectivity index is 1.50. The van der Waals surface area contributed by atoms with Gasteiger partial charge in [-0.05, 0) is 37.1 Å². The largest absolute Gasteiger partial charge is 0.493 e. The lowest BCUT2D eigenvalue weighted by Crippen LogP contribution is -2.44. The molecule has 0 bridgehead atoms. The number of nitrogens with one attached hydrogen (secondary N) is 1. The van der Waals surface area contributed by atoms with Gasteiger partial charge in [0.1, 0.15) is 0 Å². The molecule has 1 saturated heterocycles. The highest BCUT2D eigenvalue weighted by Crippen LogP contribution is 2.40. The van der Waals surface area contributed by atoms with Gasteiger partial charge in [0.05, 0.1) is 7.11 Å². The van der Waals surface area contributed by atoms with E-state index in [9.17, 15) is 4.79 Å². The summed E-state index contributed by atoms with van der Waals surface area (Å²) in [7, 11) is 1.59. The summed E-state index contributed by atoms with van der Waals surface area (Å²) in [5.74, 6) is 0.710. The number of thioether (sulfide) groups is 1. The Morgan fingerprint density at radius 1 is 1.14 bits per heavy atom. The van der Waals surface area contributed by atoms with Crippen molar-refractivity contribution in [3.8, 4) is 5.75 Å². The average Bonchev–Trinajstić information content (AvgIpc) is 3.18. The van der Waals surface area contributed by atoms with Crippen LogP contribution in [0.2, 0.25) is 0 Å². The smallest absolute Gasteiger partial charge is 0.287 e. The van der Waals surface area contributed by atoms with Gasteiger partial charge >= 0.3 is 0 Å². The average molecular weight is 397 g/mol. The summed E-state index contributed by atoms with van der Waals surface area (Å²) in [6.45, 7) is 1.97. The second-order valence-electron chi connectivity index (χ2n) is 6.88. The van der Waals surface area contributed by atoms with Crippen molar-refractivity contribution in [3.05, 3.63) is 60.4 Å². The van der Waals surface area contributed by atoms with Gasteiger partial charge in [-0.3, -0.25) is 4.79 Å². The first-order valence-electron chi connectivity index (χ1n) is 9.36. The van der Waals surface area contributed by atoms with E-state index in [1.807, 2.05) is 48.2 Å². The lowest BCUT2D eigenvalue weighted by molar-refractivity contribution is 0.0735. The summed E-state index contributed by atoms with van der Waals surface area (Å²) < 4.78 is 16.6. The van der Waals surface area contributed by atoms with E-state index in [0.717, 1.165) is 18.2 Å². The fourth-order valence-electron chi connectivity index (χ4n) is 3.43. The highest BCUT2D eigenvalue weighted by molar-refractivity contribution is 8.00. The molecule has 1 aromatic heterocycles. The summed E-state index contributed by atoms with van der Waals surface area (Å²) in [5.41, 5.74) is 0.592. The minimum absolute atomic E-state index is 0.0844. The van der Waals surface area contributed by atoms with Crippen LogP contribution in [0.25, 0.3) is 11.0 Å². The normalized spacial score (nSPS) is 16.0. The number of methoxy groups -OCH3 is 1. The van der Waals surface area contributed by atoms with Crippen LogP contribution >= 0.6 is 11.8 Å². The lowest BCUT2D eigenvalue weighted by atomic mass is 9.99. The molecule has 1 amide bonds. The van der Waals surface area contributed by atoms with Gasteiger partial charge in [-0.25, -0.2) is 0 Å². The van der Waals surface area contributed by atoms with E-state index in [1.165, 1.54) is 4.90 Å². The first-order valence-corrected chi connectivity index (χ1v) is 10.2. The van der Waals surface area contributed by atoms with Gasteiger partial charge in [-0.1, -0.05) is 30.3 Å². The maximum absolute atomic E-state index is 12.8. The molecular formula is C22H23NO4S. The molecule has 28 heavy (non-hydrogen) atoms. The monoisotopic (exact) mass is 397 g/mol. The Kier molecular flexibility index (Phi) is 5.59. The second kappa shape index (κ2) is 8.29. The first kappa shape index (κ1) is 18.9. The van der Waals surface area contributed by atoms with Gasteiger partial charge in [0, 0.05) is 34.8 Å². The SMILES string of the molecule is COc1cccc2cc(C(=O)NCC3(Sc4ccccc4)CCOCC3)oc12. The summed E-state index contributed by atoms with van der Waals surface area (Å²) in [6.07, 6.45) is 1.78. The molecule has 0 radical (unpaired) electrons. The van der Waals surface area contributed by atoms with E-state index in [4.69, 9.17) is 13.9 Å². The molecule has 1 fully saturated rings. The number of amides is 1. The number of furan rings is 1. The van der Waals surface area contributed by atoms with Crippen LogP contribution in [0, 0.1) is 0 Å². The molecule has 1 aliphatic heterocycles. The number of hydrogen-bond acceptors (Lipinski definition) is 5. The molecule has 0 saturated carbocycles.